The fourth-order valence-electron chi connectivity index (χ4n) is 2.73. The number of hydrogen-bond acceptors (Lipinski definition) is 5. The fraction of sp³-hybridized carbons (Fsp3) is 0.368. The molecule has 1 atom stereocenters. The Morgan fingerprint density at radius 2 is 2.19 bits per heavy atom. The van der Waals surface area contributed by atoms with Crippen molar-refractivity contribution >= 4 is 23.2 Å². The van der Waals surface area contributed by atoms with Crippen molar-refractivity contribution in [3.8, 4) is 0 Å². The second-order valence-electron chi connectivity index (χ2n) is 6.55. The van der Waals surface area contributed by atoms with Crippen LogP contribution >= 0.6 is 0 Å². The smallest absolute Gasteiger partial charge is 0.268 e. The molecular formula is C19H23N5O3. The molecule has 0 saturated heterocycles. The Labute approximate surface area is 157 Å². The van der Waals surface area contributed by atoms with E-state index >= 15 is 0 Å². The Kier molecular flexibility index (Phi) is 5.85. The van der Waals surface area contributed by atoms with Crippen LogP contribution in [0.3, 0.4) is 0 Å². The molecule has 0 aliphatic carbocycles. The molecule has 27 heavy (non-hydrogen) atoms. The Hall–Kier alpha value is -3.16. The predicted octanol–water partition coefficient (Wildman–Crippen LogP) is 2.11. The molecule has 0 saturated carbocycles. The number of aryl methyl sites for hydroxylation is 2. The lowest BCUT2D eigenvalue weighted by Crippen LogP contribution is -2.28. The van der Waals surface area contributed by atoms with Gasteiger partial charge in [-0.2, -0.15) is 0 Å². The molecule has 8 nitrogen and oxygen atoms in total. The van der Waals surface area contributed by atoms with Gasteiger partial charge < -0.3 is 20.0 Å². The molecule has 2 N–H and O–H groups in total. The quantitative estimate of drug-likeness (QED) is 0.731. The van der Waals surface area contributed by atoms with Gasteiger partial charge in [0.25, 0.3) is 11.8 Å². The number of carbonyl (C=O) groups excluding carboxylic acids is 2. The molecule has 1 aliphatic rings. The summed E-state index contributed by atoms with van der Waals surface area (Å²) < 4.78 is 1.96. The molecule has 142 valence electrons. The third kappa shape index (κ3) is 4.93. The average molecular weight is 369 g/mol. The van der Waals surface area contributed by atoms with Gasteiger partial charge >= 0.3 is 0 Å². The van der Waals surface area contributed by atoms with Gasteiger partial charge in [0.05, 0.1) is 12.0 Å². The highest BCUT2D eigenvalue weighted by Gasteiger charge is 2.26. The summed E-state index contributed by atoms with van der Waals surface area (Å²) in [6.45, 7) is 5.04. The van der Waals surface area contributed by atoms with E-state index in [2.05, 4.69) is 20.8 Å². The Morgan fingerprint density at radius 3 is 2.89 bits per heavy atom. The maximum atomic E-state index is 12.4. The van der Waals surface area contributed by atoms with Gasteiger partial charge in [-0.05, 0) is 38.0 Å². The minimum Gasteiger partial charge on any atom is -0.382 e. The van der Waals surface area contributed by atoms with Crippen molar-refractivity contribution in [2.24, 2.45) is 5.16 Å². The molecule has 1 unspecified atom stereocenters. The van der Waals surface area contributed by atoms with Crippen molar-refractivity contribution in [3.63, 3.8) is 0 Å². The van der Waals surface area contributed by atoms with E-state index in [1.165, 1.54) is 0 Å². The van der Waals surface area contributed by atoms with Gasteiger partial charge in [0.1, 0.15) is 0 Å². The van der Waals surface area contributed by atoms with Crippen molar-refractivity contribution in [3.05, 3.63) is 48.0 Å². The number of amides is 2. The Bertz CT molecular complexity index is 845. The standard InChI is InChI=1S/C19H23N5O3/c1-13-4-5-15(18(25)21-6-3-8-24-9-7-20-12-24)11-16(13)22-19(26)17-10-14(2)23-27-17/h4-5,7,9,11-12,17H,3,6,8,10H2,1-2H3,(H,21,25)(H,22,26). The molecule has 0 radical (unpaired) electrons. The molecule has 1 aliphatic heterocycles. The summed E-state index contributed by atoms with van der Waals surface area (Å²) in [6, 6.07) is 5.24. The normalized spacial score (nSPS) is 15.8. The molecular weight excluding hydrogens is 346 g/mol. The monoisotopic (exact) mass is 369 g/mol. The maximum Gasteiger partial charge on any atom is 0.268 e. The van der Waals surface area contributed by atoms with Crippen molar-refractivity contribution in [1.29, 1.82) is 0 Å². The predicted molar refractivity (Wildman–Crippen MR) is 102 cm³/mol. The van der Waals surface area contributed by atoms with Crippen LogP contribution in [0.15, 0.2) is 42.1 Å². The van der Waals surface area contributed by atoms with Crippen LogP contribution in [0.5, 0.6) is 0 Å². The lowest BCUT2D eigenvalue weighted by Gasteiger charge is -2.13. The van der Waals surface area contributed by atoms with Crippen LogP contribution in [0.1, 0.15) is 35.7 Å². The number of carbonyl (C=O) groups is 2. The van der Waals surface area contributed by atoms with E-state index in [1.807, 2.05) is 30.7 Å². The van der Waals surface area contributed by atoms with E-state index in [-0.39, 0.29) is 11.8 Å². The molecule has 0 spiro atoms. The van der Waals surface area contributed by atoms with Crippen LogP contribution in [0.2, 0.25) is 0 Å². The third-order valence-electron chi connectivity index (χ3n) is 4.30. The van der Waals surface area contributed by atoms with E-state index in [0.717, 1.165) is 24.2 Å². The summed E-state index contributed by atoms with van der Waals surface area (Å²) in [5.74, 6) is -0.441. The highest BCUT2D eigenvalue weighted by atomic mass is 16.6. The average Bonchev–Trinajstić information content (AvgIpc) is 3.32. The van der Waals surface area contributed by atoms with Crippen LogP contribution < -0.4 is 10.6 Å². The van der Waals surface area contributed by atoms with Gasteiger partial charge in [-0.3, -0.25) is 9.59 Å². The summed E-state index contributed by atoms with van der Waals surface area (Å²) in [5.41, 5.74) is 2.75. The number of nitrogens with one attached hydrogen (secondary N) is 2. The second-order valence-corrected chi connectivity index (χ2v) is 6.55. The molecule has 8 heteroatoms. The fourth-order valence-corrected chi connectivity index (χ4v) is 2.73. The molecule has 3 rings (SSSR count). The first-order valence-electron chi connectivity index (χ1n) is 8.87. The largest absolute Gasteiger partial charge is 0.382 e. The van der Waals surface area contributed by atoms with Crippen molar-refractivity contribution in [1.82, 2.24) is 14.9 Å². The molecule has 1 aromatic carbocycles. The number of aromatic nitrogens is 2. The topological polar surface area (TPSA) is 97.6 Å². The number of oxime groups is 1. The number of imidazole rings is 1. The van der Waals surface area contributed by atoms with E-state index in [4.69, 9.17) is 4.84 Å². The van der Waals surface area contributed by atoms with Gasteiger partial charge in [-0.25, -0.2) is 4.98 Å². The lowest BCUT2D eigenvalue weighted by molar-refractivity contribution is -0.125. The van der Waals surface area contributed by atoms with Gasteiger partial charge in [0.2, 0.25) is 6.10 Å². The molecule has 0 fully saturated rings. The zero-order chi connectivity index (χ0) is 19.2. The van der Waals surface area contributed by atoms with E-state index in [0.29, 0.717) is 24.2 Å². The minimum atomic E-state index is -0.620. The highest BCUT2D eigenvalue weighted by Crippen LogP contribution is 2.19. The van der Waals surface area contributed by atoms with E-state index in [1.54, 1.807) is 24.7 Å². The van der Waals surface area contributed by atoms with E-state index in [9.17, 15) is 9.59 Å². The summed E-state index contributed by atoms with van der Waals surface area (Å²) in [4.78, 5) is 33.8. The van der Waals surface area contributed by atoms with Crippen LogP contribution in [0.4, 0.5) is 5.69 Å². The summed E-state index contributed by atoms with van der Waals surface area (Å²) >= 11 is 0. The Morgan fingerprint density at radius 1 is 1.33 bits per heavy atom. The van der Waals surface area contributed by atoms with Crippen LogP contribution in [-0.2, 0) is 16.2 Å². The van der Waals surface area contributed by atoms with Gasteiger partial charge in [0, 0.05) is 43.2 Å². The number of anilines is 1. The number of rotatable bonds is 7. The first-order valence-corrected chi connectivity index (χ1v) is 8.87. The number of hydrogen-bond donors (Lipinski definition) is 2. The zero-order valence-electron chi connectivity index (χ0n) is 15.4. The first kappa shape index (κ1) is 18.6. The van der Waals surface area contributed by atoms with Crippen molar-refractivity contribution < 1.29 is 14.4 Å². The summed E-state index contributed by atoms with van der Waals surface area (Å²) in [5, 5.41) is 9.51. The molecule has 2 aromatic rings. The molecule has 0 bridgehead atoms. The van der Waals surface area contributed by atoms with Gasteiger partial charge in [0.15, 0.2) is 0 Å². The maximum absolute atomic E-state index is 12.4. The molecule has 2 amide bonds. The number of benzene rings is 1. The zero-order valence-corrected chi connectivity index (χ0v) is 15.4. The number of nitrogens with zero attached hydrogens (tertiary/aromatic N) is 3. The van der Waals surface area contributed by atoms with E-state index < -0.39 is 6.10 Å². The lowest BCUT2D eigenvalue weighted by atomic mass is 10.1. The van der Waals surface area contributed by atoms with Crippen LogP contribution in [0.25, 0.3) is 0 Å². The van der Waals surface area contributed by atoms with Crippen LogP contribution in [-0.4, -0.2) is 39.7 Å². The van der Waals surface area contributed by atoms with Gasteiger partial charge in [-0.1, -0.05) is 11.2 Å². The van der Waals surface area contributed by atoms with Crippen molar-refractivity contribution in [2.75, 3.05) is 11.9 Å². The second kappa shape index (κ2) is 8.48. The Balaban J connectivity index is 1.54. The first-order chi connectivity index (χ1) is 13.0. The summed E-state index contributed by atoms with van der Waals surface area (Å²) in [7, 11) is 0. The molecule has 2 heterocycles. The summed E-state index contributed by atoms with van der Waals surface area (Å²) in [6.07, 6.45) is 6.02. The van der Waals surface area contributed by atoms with Crippen molar-refractivity contribution in [2.45, 2.75) is 39.3 Å². The SMILES string of the molecule is CC1=NOC(C(=O)Nc2cc(C(=O)NCCCn3ccnc3)ccc2C)C1. The van der Waals surface area contributed by atoms with Gasteiger partial charge in [-0.15, -0.1) is 0 Å². The minimum absolute atomic E-state index is 0.174. The van der Waals surface area contributed by atoms with Crippen LogP contribution in [0, 0.1) is 6.92 Å². The molecule has 1 aromatic heterocycles. The third-order valence-corrected chi connectivity index (χ3v) is 4.30. The highest BCUT2D eigenvalue weighted by molar-refractivity contribution is 6.01.